The summed E-state index contributed by atoms with van der Waals surface area (Å²) >= 11 is 0. The fourth-order valence-corrected chi connectivity index (χ4v) is 7.21. The van der Waals surface area contributed by atoms with Gasteiger partial charge in [-0.1, -0.05) is 75.2 Å². The fraction of sp³-hybridized carbons (Fsp3) is 0.923. The van der Waals surface area contributed by atoms with Gasteiger partial charge in [0.25, 0.3) is 0 Å². The molecule has 0 bridgehead atoms. The first-order valence-corrected chi connectivity index (χ1v) is 13.9. The zero-order valence-corrected chi connectivity index (χ0v) is 22.3. The number of ether oxygens (including phenoxy) is 2. The second-order valence-corrected chi connectivity index (χ2v) is 14.7. The van der Waals surface area contributed by atoms with Crippen LogP contribution in [0.2, 0.25) is 0 Å². The van der Waals surface area contributed by atoms with Crippen molar-refractivity contribution in [2.24, 2.45) is 35.5 Å². The molecule has 0 aliphatic heterocycles. The van der Waals surface area contributed by atoms with Crippen molar-refractivity contribution in [2.45, 2.75) is 118 Å². The molecule has 2 aliphatic carbocycles. The molecule has 2 saturated carbocycles. The standard InChI is InChI=1S/C26H47O4P/c1-16(2)20-12-10-18(5)14-22(20)29-24(27)31(26(7,8)9)25(28)30-23-15-19(6)11-13-21(23)17(3)4/h16-23H,10-15H2,1-9H3/t18-,19-,20+,21+,22-,23-/m0/s1. The lowest BCUT2D eigenvalue weighted by Crippen LogP contribution is -2.38. The number of hydrogen-bond acceptors (Lipinski definition) is 4. The van der Waals surface area contributed by atoms with Gasteiger partial charge in [-0.05, 0) is 61.2 Å². The van der Waals surface area contributed by atoms with Gasteiger partial charge in [-0.2, -0.15) is 0 Å². The van der Waals surface area contributed by atoms with Crippen LogP contribution in [0.15, 0.2) is 0 Å². The smallest absolute Gasteiger partial charge is 0.338 e. The van der Waals surface area contributed by atoms with Crippen molar-refractivity contribution in [1.29, 1.82) is 0 Å². The molecule has 180 valence electrons. The van der Waals surface area contributed by atoms with Crippen LogP contribution in [0.1, 0.15) is 101 Å². The van der Waals surface area contributed by atoms with Gasteiger partial charge in [0.05, 0.1) is 0 Å². The Kier molecular flexibility index (Phi) is 9.44. The summed E-state index contributed by atoms with van der Waals surface area (Å²) in [6, 6.07) is 0. The average Bonchev–Trinajstić information content (AvgIpc) is 2.59. The topological polar surface area (TPSA) is 52.6 Å². The van der Waals surface area contributed by atoms with Gasteiger partial charge in [-0.3, -0.25) is 0 Å². The normalized spacial score (nSPS) is 32.4. The minimum absolute atomic E-state index is 0.0884. The monoisotopic (exact) mass is 454 g/mol. The molecule has 0 amide bonds. The zero-order valence-electron chi connectivity index (χ0n) is 21.4. The molecule has 0 spiro atoms. The molecule has 0 N–H and O–H groups in total. The van der Waals surface area contributed by atoms with Crippen molar-refractivity contribution in [1.82, 2.24) is 0 Å². The lowest BCUT2D eigenvalue weighted by Gasteiger charge is -2.39. The van der Waals surface area contributed by atoms with E-state index in [1.807, 2.05) is 20.8 Å². The predicted octanol–water partition coefficient (Wildman–Crippen LogP) is 8.46. The van der Waals surface area contributed by atoms with E-state index in [1.165, 1.54) is 12.8 Å². The van der Waals surface area contributed by atoms with Crippen LogP contribution in [0.3, 0.4) is 0 Å². The first-order valence-electron chi connectivity index (χ1n) is 12.5. The second-order valence-electron chi connectivity index (χ2n) is 12.0. The molecule has 0 radical (unpaired) electrons. The van der Waals surface area contributed by atoms with E-state index in [4.69, 9.17) is 9.47 Å². The summed E-state index contributed by atoms with van der Waals surface area (Å²) in [6.45, 7) is 19.2. The van der Waals surface area contributed by atoms with Crippen LogP contribution in [0.25, 0.3) is 0 Å². The summed E-state index contributed by atoms with van der Waals surface area (Å²) in [5.74, 6) is 2.78. The quantitative estimate of drug-likeness (QED) is 0.378. The molecular formula is C26H47O4P. The third-order valence-corrected chi connectivity index (χ3v) is 9.75. The first-order chi connectivity index (χ1) is 14.3. The first kappa shape index (κ1) is 26.6. The summed E-state index contributed by atoms with van der Waals surface area (Å²) in [4.78, 5) is 26.8. The summed E-state index contributed by atoms with van der Waals surface area (Å²) in [7, 11) is -1.70. The summed E-state index contributed by atoms with van der Waals surface area (Å²) < 4.78 is 12.2. The third-order valence-electron chi connectivity index (χ3n) is 7.46. The molecule has 0 saturated heterocycles. The molecule has 2 aliphatic rings. The zero-order chi connectivity index (χ0) is 23.5. The maximum atomic E-state index is 13.4. The molecule has 6 atom stereocenters. The van der Waals surface area contributed by atoms with Gasteiger partial charge in [-0.25, -0.2) is 9.59 Å². The Hall–Kier alpha value is -0.630. The molecular weight excluding hydrogens is 407 g/mol. The lowest BCUT2D eigenvalue weighted by atomic mass is 9.75. The maximum Gasteiger partial charge on any atom is 0.338 e. The molecule has 0 aromatic heterocycles. The molecule has 2 fully saturated rings. The highest BCUT2D eigenvalue weighted by Gasteiger charge is 2.45. The Morgan fingerprint density at radius 2 is 1.10 bits per heavy atom. The van der Waals surface area contributed by atoms with Crippen molar-refractivity contribution in [3.63, 3.8) is 0 Å². The van der Waals surface area contributed by atoms with Crippen LogP contribution < -0.4 is 0 Å². The highest BCUT2D eigenvalue weighted by atomic mass is 31.1. The Morgan fingerprint density at radius 1 is 0.742 bits per heavy atom. The number of hydrogen-bond donors (Lipinski definition) is 0. The number of carbonyl (C=O) groups is 2. The van der Waals surface area contributed by atoms with Crippen LogP contribution in [0.5, 0.6) is 0 Å². The van der Waals surface area contributed by atoms with Gasteiger partial charge in [0.15, 0.2) is 0 Å². The van der Waals surface area contributed by atoms with Crippen LogP contribution in [0.4, 0.5) is 9.59 Å². The lowest BCUT2D eigenvalue weighted by molar-refractivity contribution is 0.0144. The Labute approximate surface area is 192 Å². The second kappa shape index (κ2) is 11.0. The van der Waals surface area contributed by atoms with E-state index in [1.54, 1.807) is 0 Å². The number of carbonyl (C=O) groups excluding carboxylic acids is 2. The molecule has 31 heavy (non-hydrogen) atoms. The average molecular weight is 455 g/mol. The Bertz CT molecular complexity index is 563. The maximum absolute atomic E-state index is 13.4. The van der Waals surface area contributed by atoms with E-state index in [0.717, 1.165) is 25.7 Å². The van der Waals surface area contributed by atoms with Gasteiger partial charge < -0.3 is 9.47 Å². The SMILES string of the molecule is CC(C)[C@H]1CC[C@H](C)C[C@@H]1OC(=O)P(C(=O)O[C@H]1C[C@@H](C)CC[C@@H]1C(C)C)C(C)(C)C. The van der Waals surface area contributed by atoms with Gasteiger partial charge >= 0.3 is 11.4 Å². The molecule has 0 unspecified atom stereocenters. The summed E-state index contributed by atoms with van der Waals surface area (Å²) in [5.41, 5.74) is -0.663. The van der Waals surface area contributed by atoms with E-state index in [9.17, 15) is 9.59 Å². The van der Waals surface area contributed by atoms with Gasteiger partial charge in [-0.15, -0.1) is 0 Å². The molecule has 0 aromatic rings. The molecule has 5 heteroatoms. The molecule has 2 rings (SSSR count). The van der Waals surface area contributed by atoms with Crippen molar-refractivity contribution >= 4 is 19.3 Å². The van der Waals surface area contributed by atoms with E-state index >= 15 is 0 Å². The van der Waals surface area contributed by atoms with Crippen molar-refractivity contribution in [3.05, 3.63) is 0 Å². The molecule has 0 aromatic carbocycles. The highest BCUT2D eigenvalue weighted by molar-refractivity contribution is 7.89. The van der Waals surface area contributed by atoms with E-state index in [2.05, 4.69) is 41.5 Å². The Balaban J connectivity index is 2.16. The van der Waals surface area contributed by atoms with Gasteiger partial charge in [0.2, 0.25) is 0 Å². The van der Waals surface area contributed by atoms with Crippen LogP contribution in [-0.2, 0) is 9.47 Å². The van der Waals surface area contributed by atoms with Crippen molar-refractivity contribution < 1.29 is 19.1 Å². The van der Waals surface area contributed by atoms with Crippen LogP contribution in [0, 0.1) is 35.5 Å². The van der Waals surface area contributed by atoms with E-state index < -0.39 is 13.1 Å². The molecule has 4 nitrogen and oxygen atoms in total. The third kappa shape index (κ3) is 7.18. The van der Waals surface area contributed by atoms with E-state index in [0.29, 0.717) is 35.5 Å². The molecule has 0 heterocycles. The minimum Gasteiger partial charge on any atom is -0.459 e. The predicted molar refractivity (Wildman–Crippen MR) is 130 cm³/mol. The highest BCUT2D eigenvalue weighted by Crippen LogP contribution is 2.54. The number of rotatable bonds is 6. The van der Waals surface area contributed by atoms with Crippen LogP contribution in [-0.4, -0.2) is 28.8 Å². The fourth-order valence-electron chi connectivity index (χ4n) is 5.49. The van der Waals surface area contributed by atoms with E-state index in [-0.39, 0.29) is 23.6 Å². The largest absolute Gasteiger partial charge is 0.459 e. The van der Waals surface area contributed by atoms with Crippen molar-refractivity contribution in [3.8, 4) is 0 Å². The Morgan fingerprint density at radius 3 is 1.39 bits per heavy atom. The summed E-state index contributed by atoms with van der Waals surface area (Å²) in [5, 5.41) is -0.481. The summed E-state index contributed by atoms with van der Waals surface area (Å²) in [6.07, 6.45) is 6.16. The van der Waals surface area contributed by atoms with Gasteiger partial charge in [0, 0.05) is 5.16 Å². The minimum atomic E-state index is -1.70. The van der Waals surface area contributed by atoms with Crippen molar-refractivity contribution in [2.75, 3.05) is 0 Å². The van der Waals surface area contributed by atoms with Gasteiger partial charge in [0.1, 0.15) is 20.1 Å². The van der Waals surface area contributed by atoms with Crippen LogP contribution >= 0.6 is 7.92 Å².